The standard InChI is InChI=1S/C12H16Cl2FNO/c1-17-7-6-16(5-4-13)9-10-2-3-12(15)11(14)8-10/h2-3,8H,4-7,9H2,1H3. The molecular formula is C12H16Cl2FNO. The van der Waals surface area contributed by atoms with E-state index in [2.05, 4.69) is 4.90 Å². The zero-order valence-electron chi connectivity index (χ0n) is 9.76. The molecule has 2 nitrogen and oxygen atoms in total. The van der Waals surface area contributed by atoms with Crippen molar-refractivity contribution in [2.24, 2.45) is 0 Å². The van der Waals surface area contributed by atoms with Gasteiger partial charge in [0.1, 0.15) is 5.82 Å². The Morgan fingerprint density at radius 1 is 1.35 bits per heavy atom. The highest BCUT2D eigenvalue weighted by Crippen LogP contribution is 2.17. The summed E-state index contributed by atoms with van der Waals surface area (Å²) in [5.74, 6) is 0.162. The molecule has 0 bridgehead atoms. The summed E-state index contributed by atoms with van der Waals surface area (Å²) in [6.45, 7) is 2.89. The molecule has 0 N–H and O–H groups in total. The Bertz CT molecular complexity index is 349. The van der Waals surface area contributed by atoms with Gasteiger partial charge in [-0.2, -0.15) is 0 Å². The van der Waals surface area contributed by atoms with E-state index in [0.29, 0.717) is 19.0 Å². The molecule has 0 fully saturated rings. The minimum absolute atomic E-state index is 0.153. The Balaban J connectivity index is 2.61. The van der Waals surface area contributed by atoms with Crippen molar-refractivity contribution in [2.45, 2.75) is 6.54 Å². The molecule has 0 unspecified atom stereocenters. The third-order valence-corrected chi connectivity index (χ3v) is 2.86. The van der Waals surface area contributed by atoms with Gasteiger partial charge < -0.3 is 4.74 Å². The van der Waals surface area contributed by atoms with Crippen LogP contribution in [0.15, 0.2) is 18.2 Å². The maximum Gasteiger partial charge on any atom is 0.141 e. The van der Waals surface area contributed by atoms with Crippen molar-refractivity contribution in [1.29, 1.82) is 0 Å². The summed E-state index contributed by atoms with van der Waals surface area (Å²) in [7, 11) is 1.66. The van der Waals surface area contributed by atoms with Gasteiger partial charge in [-0.25, -0.2) is 4.39 Å². The lowest BCUT2D eigenvalue weighted by Crippen LogP contribution is -2.28. The van der Waals surface area contributed by atoms with E-state index in [1.807, 2.05) is 0 Å². The van der Waals surface area contributed by atoms with Gasteiger partial charge >= 0.3 is 0 Å². The lowest BCUT2D eigenvalue weighted by Gasteiger charge is -2.20. The predicted octanol–water partition coefficient (Wildman–Crippen LogP) is 3.17. The minimum Gasteiger partial charge on any atom is -0.383 e. The fraction of sp³-hybridized carbons (Fsp3) is 0.500. The molecule has 5 heteroatoms. The molecular weight excluding hydrogens is 264 g/mol. The molecule has 0 saturated carbocycles. The summed E-state index contributed by atoms with van der Waals surface area (Å²) < 4.78 is 18.0. The molecule has 0 amide bonds. The SMILES string of the molecule is COCCN(CCCl)Cc1ccc(F)c(Cl)c1. The molecule has 96 valence electrons. The van der Waals surface area contributed by atoms with E-state index in [1.165, 1.54) is 6.07 Å². The van der Waals surface area contributed by atoms with Crippen LogP contribution in [0.1, 0.15) is 5.56 Å². The maximum absolute atomic E-state index is 13.0. The van der Waals surface area contributed by atoms with Crippen LogP contribution in [-0.2, 0) is 11.3 Å². The Morgan fingerprint density at radius 2 is 2.12 bits per heavy atom. The van der Waals surface area contributed by atoms with Crippen molar-refractivity contribution in [1.82, 2.24) is 4.90 Å². The second-order valence-corrected chi connectivity index (χ2v) is 4.49. The molecule has 1 aromatic rings. The lowest BCUT2D eigenvalue weighted by molar-refractivity contribution is 0.148. The van der Waals surface area contributed by atoms with Crippen molar-refractivity contribution in [2.75, 3.05) is 32.7 Å². The first-order valence-corrected chi connectivity index (χ1v) is 6.29. The predicted molar refractivity (Wildman–Crippen MR) is 69.3 cm³/mol. The number of halogens is 3. The number of rotatable bonds is 7. The van der Waals surface area contributed by atoms with Crippen molar-refractivity contribution in [3.8, 4) is 0 Å². The molecule has 17 heavy (non-hydrogen) atoms. The number of benzene rings is 1. The van der Waals surface area contributed by atoms with Crippen LogP contribution in [0, 0.1) is 5.82 Å². The van der Waals surface area contributed by atoms with Crippen molar-refractivity contribution < 1.29 is 9.13 Å². The summed E-state index contributed by atoms with van der Waals surface area (Å²) in [5, 5.41) is 0.153. The van der Waals surface area contributed by atoms with E-state index in [4.69, 9.17) is 27.9 Å². The lowest BCUT2D eigenvalue weighted by atomic mass is 10.2. The topological polar surface area (TPSA) is 12.5 Å². The van der Waals surface area contributed by atoms with Gasteiger partial charge in [0.15, 0.2) is 0 Å². The molecule has 0 spiro atoms. The first kappa shape index (κ1) is 14.7. The van der Waals surface area contributed by atoms with Gasteiger partial charge in [-0.3, -0.25) is 4.90 Å². The fourth-order valence-electron chi connectivity index (χ4n) is 1.51. The van der Waals surface area contributed by atoms with E-state index < -0.39 is 5.82 Å². The Morgan fingerprint density at radius 3 is 2.71 bits per heavy atom. The van der Waals surface area contributed by atoms with Gasteiger partial charge in [-0.05, 0) is 17.7 Å². The third kappa shape index (κ3) is 5.21. The Kier molecular flexibility index (Phi) is 6.82. The normalized spacial score (nSPS) is 11.1. The summed E-state index contributed by atoms with van der Waals surface area (Å²) in [4.78, 5) is 2.14. The monoisotopic (exact) mass is 279 g/mol. The zero-order chi connectivity index (χ0) is 12.7. The van der Waals surface area contributed by atoms with Gasteiger partial charge in [0.2, 0.25) is 0 Å². The van der Waals surface area contributed by atoms with E-state index in [9.17, 15) is 4.39 Å². The molecule has 0 saturated heterocycles. The Hall–Kier alpha value is -0.350. The molecule has 0 heterocycles. The molecule has 0 radical (unpaired) electrons. The first-order valence-electron chi connectivity index (χ1n) is 5.38. The van der Waals surface area contributed by atoms with Gasteiger partial charge in [0, 0.05) is 32.6 Å². The number of alkyl halides is 1. The quantitative estimate of drug-likeness (QED) is 0.711. The summed E-state index contributed by atoms with van der Waals surface area (Å²) >= 11 is 11.5. The smallest absolute Gasteiger partial charge is 0.141 e. The molecule has 0 aliphatic rings. The number of hydrogen-bond donors (Lipinski definition) is 0. The third-order valence-electron chi connectivity index (χ3n) is 2.40. The van der Waals surface area contributed by atoms with Crippen LogP contribution in [-0.4, -0.2) is 37.6 Å². The van der Waals surface area contributed by atoms with Crippen LogP contribution in [0.4, 0.5) is 4.39 Å². The number of hydrogen-bond acceptors (Lipinski definition) is 2. The molecule has 0 aromatic heterocycles. The second kappa shape index (κ2) is 7.88. The molecule has 1 aromatic carbocycles. The average molecular weight is 280 g/mol. The van der Waals surface area contributed by atoms with Crippen LogP contribution in [0.2, 0.25) is 5.02 Å². The molecule has 0 aliphatic carbocycles. The highest BCUT2D eigenvalue weighted by Gasteiger charge is 2.07. The molecule has 0 atom stereocenters. The van der Waals surface area contributed by atoms with E-state index in [0.717, 1.165) is 18.7 Å². The van der Waals surface area contributed by atoms with Crippen molar-refractivity contribution in [3.63, 3.8) is 0 Å². The van der Waals surface area contributed by atoms with Gasteiger partial charge in [-0.15, -0.1) is 11.6 Å². The van der Waals surface area contributed by atoms with Crippen molar-refractivity contribution in [3.05, 3.63) is 34.6 Å². The largest absolute Gasteiger partial charge is 0.383 e. The first-order chi connectivity index (χ1) is 8.17. The zero-order valence-corrected chi connectivity index (χ0v) is 11.3. The van der Waals surface area contributed by atoms with E-state index >= 15 is 0 Å². The summed E-state index contributed by atoms with van der Waals surface area (Å²) in [6.07, 6.45) is 0. The van der Waals surface area contributed by atoms with Crippen LogP contribution in [0.3, 0.4) is 0 Å². The van der Waals surface area contributed by atoms with Crippen LogP contribution >= 0.6 is 23.2 Å². The van der Waals surface area contributed by atoms with Crippen molar-refractivity contribution >= 4 is 23.2 Å². The summed E-state index contributed by atoms with van der Waals surface area (Å²) in [6, 6.07) is 4.76. The van der Waals surface area contributed by atoms with Gasteiger partial charge in [0.25, 0.3) is 0 Å². The van der Waals surface area contributed by atoms with Gasteiger partial charge in [-0.1, -0.05) is 17.7 Å². The number of nitrogens with zero attached hydrogens (tertiary/aromatic N) is 1. The maximum atomic E-state index is 13.0. The second-order valence-electron chi connectivity index (χ2n) is 3.71. The highest BCUT2D eigenvalue weighted by molar-refractivity contribution is 6.30. The molecule has 1 rings (SSSR count). The van der Waals surface area contributed by atoms with E-state index in [1.54, 1.807) is 19.2 Å². The van der Waals surface area contributed by atoms with Gasteiger partial charge in [0.05, 0.1) is 11.6 Å². The van der Waals surface area contributed by atoms with E-state index in [-0.39, 0.29) is 5.02 Å². The highest BCUT2D eigenvalue weighted by atomic mass is 35.5. The number of methoxy groups -OCH3 is 1. The number of ether oxygens (including phenoxy) is 1. The van der Waals surface area contributed by atoms with Crippen LogP contribution < -0.4 is 0 Å². The average Bonchev–Trinajstić information content (AvgIpc) is 2.31. The Labute approximate surface area is 111 Å². The van der Waals surface area contributed by atoms with Crippen LogP contribution in [0.25, 0.3) is 0 Å². The minimum atomic E-state index is -0.392. The summed E-state index contributed by atoms with van der Waals surface area (Å²) in [5.41, 5.74) is 0.970. The fourth-order valence-corrected chi connectivity index (χ4v) is 1.95. The molecule has 0 aliphatic heterocycles. The van der Waals surface area contributed by atoms with Crippen LogP contribution in [0.5, 0.6) is 0 Å².